The van der Waals surface area contributed by atoms with Crippen LogP contribution in [0.25, 0.3) is 0 Å². The van der Waals surface area contributed by atoms with E-state index in [1.807, 2.05) is 0 Å². The van der Waals surface area contributed by atoms with Crippen LogP contribution in [0.1, 0.15) is 39.5 Å². The fourth-order valence-corrected chi connectivity index (χ4v) is 4.15. The molecule has 1 saturated heterocycles. The number of nitrogens with zero attached hydrogens (tertiary/aromatic N) is 1. The number of carbonyl (C=O) groups excluding carboxylic acids is 1. The third-order valence-corrected chi connectivity index (χ3v) is 4.98. The van der Waals surface area contributed by atoms with Crippen molar-refractivity contribution >= 4 is 22.9 Å². The van der Waals surface area contributed by atoms with Gasteiger partial charge in [-0.2, -0.15) is 0 Å². The topological polar surface area (TPSA) is 50.7 Å². The molecule has 3 atom stereocenters. The summed E-state index contributed by atoms with van der Waals surface area (Å²) in [6.45, 7) is 4.09. The third kappa shape index (κ3) is 2.99. The van der Waals surface area contributed by atoms with Crippen molar-refractivity contribution in [1.82, 2.24) is 5.32 Å². The Hall–Kier alpha value is -0.710. The molecule has 2 fully saturated rings. The molecular weight excluding hydrogens is 248 g/mol. The number of thioether (sulfide) groups is 1. The predicted molar refractivity (Wildman–Crippen MR) is 74.9 cm³/mol. The Morgan fingerprint density at radius 1 is 1.67 bits per heavy atom. The molecule has 1 N–H and O–H groups in total. The van der Waals surface area contributed by atoms with Gasteiger partial charge in [0.2, 0.25) is 0 Å². The van der Waals surface area contributed by atoms with Gasteiger partial charge in [0.1, 0.15) is 6.04 Å². The highest BCUT2D eigenvalue weighted by Gasteiger charge is 2.40. The van der Waals surface area contributed by atoms with Crippen LogP contribution in [-0.2, 0) is 9.53 Å². The van der Waals surface area contributed by atoms with Crippen molar-refractivity contribution in [2.45, 2.75) is 51.1 Å². The van der Waals surface area contributed by atoms with Crippen LogP contribution in [0.4, 0.5) is 0 Å². The van der Waals surface area contributed by atoms with Crippen LogP contribution in [0.15, 0.2) is 4.99 Å². The smallest absolute Gasteiger partial charge is 0.330 e. The molecule has 102 valence electrons. The van der Waals surface area contributed by atoms with Gasteiger partial charge in [0.25, 0.3) is 0 Å². The standard InChI is InChI=1S/C13H22N2O2S/c1-9-5-4-6-13(7-9)8-18-12(15-13)14-10(2)11(16)17-3/h9-10H,4-8H2,1-3H3,(H,14,15). The van der Waals surface area contributed by atoms with Crippen molar-refractivity contribution in [1.29, 1.82) is 0 Å². The number of hydrogen-bond acceptors (Lipinski definition) is 4. The minimum absolute atomic E-state index is 0.219. The molecule has 3 unspecified atom stereocenters. The van der Waals surface area contributed by atoms with E-state index in [-0.39, 0.29) is 11.5 Å². The van der Waals surface area contributed by atoms with Gasteiger partial charge < -0.3 is 10.1 Å². The lowest BCUT2D eigenvalue weighted by molar-refractivity contribution is -0.141. The summed E-state index contributed by atoms with van der Waals surface area (Å²) in [4.78, 5) is 15.8. The average Bonchev–Trinajstić information content (AvgIpc) is 2.70. The molecule has 0 radical (unpaired) electrons. The van der Waals surface area contributed by atoms with Crippen LogP contribution < -0.4 is 5.32 Å². The van der Waals surface area contributed by atoms with Crippen LogP contribution in [0.5, 0.6) is 0 Å². The second-order valence-corrected chi connectivity index (χ2v) is 6.49. The van der Waals surface area contributed by atoms with Crippen molar-refractivity contribution in [3.05, 3.63) is 0 Å². The molecule has 0 aromatic heterocycles. The summed E-state index contributed by atoms with van der Waals surface area (Å²) < 4.78 is 4.69. The molecule has 1 aliphatic carbocycles. The summed E-state index contributed by atoms with van der Waals surface area (Å²) in [7, 11) is 1.40. The van der Waals surface area contributed by atoms with Crippen LogP contribution in [-0.4, -0.2) is 35.6 Å². The molecule has 0 amide bonds. The van der Waals surface area contributed by atoms with Crippen LogP contribution in [0, 0.1) is 5.92 Å². The van der Waals surface area contributed by atoms with Crippen molar-refractivity contribution in [2.24, 2.45) is 10.9 Å². The Bertz CT molecular complexity index is 359. The highest BCUT2D eigenvalue weighted by Crippen LogP contribution is 2.38. The molecule has 2 rings (SSSR count). The van der Waals surface area contributed by atoms with Crippen molar-refractivity contribution < 1.29 is 9.53 Å². The Morgan fingerprint density at radius 3 is 3.11 bits per heavy atom. The van der Waals surface area contributed by atoms with Gasteiger partial charge in [0, 0.05) is 11.3 Å². The SMILES string of the molecule is COC(=O)C(C)N=C1NC2(CCCC(C)C2)CS1. The van der Waals surface area contributed by atoms with Gasteiger partial charge in [0.05, 0.1) is 7.11 Å². The van der Waals surface area contributed by atoms with Gasteiger partial charge in [0.15, 0.2) is 5.17 Å². The highest BCUT2D eigenvalue weighted by molar-refractivity contribution is 8.14. The van der Waals surface area contributed by atoms with Gasteiger partial charge in [-0.3, -0.25) is 0 Å². The molecule has 5 heteroatoms. The lowest BCUT2D eigenvalue weighted by atomic mass is 9.78. The molecule has 0 aromatic rings. The first-order valence-electron chi connectivity index (χ1n) is 6.61. The summed E-state index contributed by atoms with van der Waals surface area (Å²) in [6.07, 6.45) is 5.05. The Kier molecular flexibility index (Phi) is 4.20. The number of aliphatic imine (C=N–C) groups is 1. The van der Waals surface area contributed by atoms with E-state index in [0.29, 0.717) is 0 Å². The lowest BCUT2D eigenvalue weighted by Crippen LogP contribution is -2.47. The number of methoxy groups -OCH3 is 1. The number of ether oxygens (including phenoxy) is 1. The molecule has 1 aliphatic heterocycles. The Morgan fingerprint density at radius 2 is 2.44 bits per heavy atom. The second-order valence-electron chi connectivity index (χ2n) is 5.53. The van der Waals surface area contributed by atoms with Gasteiger partial charge in [-0.1, -0.05) is 31.5 Å². The maximum Gasteiger partial charge on any atom is 0.330 e. The summed E-state index contributed by atoms with van der Waals surface area (Å²) in [5.41, 5.74) is 0.219. The quantitative estimate of drug-likeness (QED) is 0.782. The van der Waals surface area contributed by atoms with E-state index in [2.05, 4.69) is 17.2 Å². The highest BCUT2D eigenvalue weighted by atomic mass is 32.2. The Balaban J connectivity index is 1.99. The molecule has 1 heterocycles. The first-order chi connectivity index (χ1) is 8.54. The van der Waals surface area contributed by atoms with E-state index in [1.54, 1.807) is 18.7 Å². The summed E-state index contributed by atoms with van der Waals surface area (Å²) in [5.74, 6) is 1.58. The zero-order valence-corrected chi connectivity index (χ0v) is 12.2. The molecule has 2 aliphatic rings. The van der Waals surface area contributed by atoms with Crippen LogP contribution in [0.3, 0.4) is 0 Å². The van der Waals surface area contributed by atoms with Gasteiger partial charge in [-0.25, -0.2) is 9.79 Å². The lowest BCUT2D eigenvalue weighted by Gasteiger charge is -2.36. The maximum atomic E-state index is 11.4. The average molecular weight is 270 g/mol. The third-order valence-electron chi connectivity index (χ3n) is 3.80. The summed E-state index contributed by atoms with van der Waals surface area (Å²) >= 11 is 1.74. The predicted octanol–water partition coefficient (Wildman–Crippen LogP) is 2.19. The molecule has 4 nitrogen and oxygen atoms in total. The first kappa shape index (κ1) is 13.7. The van der Waals surface area contributed by atoms with E-state index in [9.17, 15) is 4.79 Å². The number of carbonyl (C=O) groups is 1. The van der Waals surface area contributed by atoms with E-state index in [1.165, 1.54) is 32.8 Å². The summed E-state index contributed by atoms with van der Waals surface area (Å²) in [5, 5.41) is 4.46. The fourth-order valence-electron chi connectivity index (χ4n) is 2.88. The number of rotatable bonds is 2. The molecule has 0 bridgehead atoms. The van der Waals surface area contributed by atoms with Crippen molar-refractivity contribution in [3.63, 3.8) is 0 Å². The van der Waals surface area contributed by atoms with Crippen LogP contribution in [0.2, 0.25) is 0 Å². The van der Waals surface area contributed by atoms with Gasteiger partial charge in [-0.05, 0) is 25.7 Å². The molecule has 1 saturated carbocycles. The maximum absolute atomic E-state index is 11.4. The molecule has 18 heavy (non-hydrogen) atoms. The van der Waals surface area contributed by atoms with Crippen molar-refractivity contribution in [2.75, 3.05) is 12.9 Å². The van der Waals surface area contributed by atoms with E-state index in [0.717, 1.165) is 16.8 Å². The molecule has 0 aromatic carbocycles. The minimum Gasteiger partial charge on any atom is -0.467 e. The number of hydrogen-bond donors (Lipinski definition) is 1. The zero-order valence-electron chi connectivity index (χ0n) is 11.4. The zero-order chi connectivity index (χ0) is 13.2. The first-order valence-corrected chi connectivity index (χ1v) is 7.60. The second kappa shape index (κ2) is 5.51. The minimum atomic E-state index is -0.416. The summed E-state index contributed by atoms with van der Waals surface area (Å²) in [6, 6.07) is -0.416. The number of esters is 1. The largest absolute Gasteiger partial charge is 0.467 e. The normalized spacial score (nSPS) is 35.5. The molecule has 1 spiro atoms. The van der Waals surface area contributed by atoms with Gasteiger partial charge in [-0.15, -0.1) is 0 Å². The number of nitrogens with one attached hydrogen (secondary N) is 1. The van der Waals surface area contributed by atoms with E-state index in [4.69, 9.17) is 4.74 Å². The van der Waals surface area contributed by atoms with E-state index < -0.39 is 6.04 Å². The van der Waals surface area contributed by atoms with Gasteiger partial charge >= 0.3 is 5.97 Å². The number of amidine groups is 1. The molecular formula is C13H22N2O2S. The van der Waals surface area contributed by atoms with Crippen molar-refractivity contribution in [3.8, 4) is 0 Å². The Labute approximate surface area is 113 Å². The van der Waals surface area contributed by atoms with E-state index >= 15 is 0 Å². The monoisotopic (exact) mass is 270 g/mol. The fraction of sp³-hybridized carbons (Fsp3) is 0.846. The van der Waals surface area contributed by atoms with Crippen LogP contribution >= 0.6 is 11.8 Å².